The van der Waals surface area contributed by atoms with Crippen molar-refractivity contribution in [1.82, 2.24) is 15.1 Å². The molecule has 1 unspecified atom stereocenters. The third-order valence-electron chi connectivity index (χ3n) is 3.57. The zero-order valence-electron chi connectivity index (χ0n) is 9.54. The molecule has 4 heteroatoms. The molecule has 2 aliphatic rings. The second-order valence-corrected chi connectivity index (χ2v) is 4.93. The summed E-state index contributed by atoms with van der Waals surface area (Å²) < 4.78 is 0. The predicted molar refractivity (Wildman–Crippen MR) is 67.1 cm³/mol. The molecular weight excluding hydrogens is 206 g/mol. The van der Waals surface area contributed by atoms with Crippen molar-refractivity contribution in [2.45, 2.75) is 31.7 Å². The smallest absolute Gasteiger partial charge is 0.168 e. The number of nitrogens with zero attached hydrogens (tertiary/aromatic N) is 2. The molecule has 0 bridgehead atoms. The van der Waals surface area contributed by atoms with Crippen LogP contribution in [0, 0.1) is 0 Å². The Labute approximate surface area is 97.8 Å². The van der Waals surface area contributed by atoms with E-state index in [1.54, 1.807) is 0 Å². The molecule has 0 spiro atoms. The van der Waals surface area contributed by atoms with Crippen molar-refractivity contribution >= 4 is 17.3 Å². The highest BCUT2D eigenvalue weighted by Crippen LogP contribution is 2.19. The second kappa shape index (κ2) is 5.12. The number of thiocarbonyl (C=S) groups is 1. The van der Waals surface area contributed by atoms with Crippen molar-refractivity contribution < 1.29 is 0 Å². The van der Waals surface area contributed by atoms with E-state index in [1.165, 1.54) is 38.8 Å². The molecule has 3 nitrogen and oxygen atoms in total. The number of nitrogens with one attached hydrogen (secondary N) is 1. The van der Waals surface area contributed by atoms with Crippen molar-refractivity contribution in [3.63, 3.8) is 0 Å². The second-order valence-electron chi connectivity index (χ2n) is 4.54. The molecule has 2 saturated heterocycles. The average molecular weight is 227 g/mol. The molecule has 0 radical (unpaired) electrons. The summed E-state index contributed by atoms with van der Waals surface area (Å²) in [4.78, 5) is 4.95. The lowest BCUT2D eigenvalue weighted by Crippen LogP contribution is -2.43. The Balaban J connectivity index is 1.83. The van der Waals surface area contributed by atoms with E-state index >= 15 is 0 Å². The van der Waals surface area contributed by atoms with Crippen LogP contribution in [0.4, 0.5) is 0 Å². The van der Waals surface area contributed by atoms with Crippen LogP contribution in [0.15, 0.2) is 0 Å². The Bertz CT molecular complexity index is 226. The lowest BCUT2D eigenvalue weighted by molar-refractivity contribution is 0.169. The van der Waals surface area contributed by atoms with E-state index < -0.39 is 0 Å². The van der Waals surface area contributed by atoms with Gasteiger partial charge in [-0.25, -0.2) is 0 Å². The third-order valence-corrected chi connectivity index (χ3v) is 4.03. The standard InChI is InChI=1S/C11H21N3S/c1-12-11(15)14-8-5-10(9-14)13-6-3-2-4-7-13/h10H,2-9H2,1H3,(H,12,15). The van der Waals surface area contributed by atoms with Crippen LogP contribution in [-0.2, 0) is 0 Å². The molecular formula is C11H21N3S. The maximum atomic E-state index is 5.27. The van der Waals surface area contributed by atoms with Crippen LogP contribution in [0.2, 0.25) is 0 Å². The van der Waals surface area contributed by atoms with E-state index in [2.05, 4.69) is 15.1 Å². The maximum Gasteiger partial charge on any atom is 0.168 e. The minimum absolute atomic E-state index is 0.747. The van der Waals surface area contributed by atoms with Gasteiger partial charge < -0.3 is 10.2 Å². The van der Waals surface area contributed by atoms with Crippen LogP contribution in [-0.4, -0.2) is 54.2 Å². The molecule has 0 saturated carbocycles. The summed E-state index contributed by atoms with van der Waals surface area (Å²) in [6.07, 6.45) is 5.46. The minimum atomic E-state index is 0.747. The summed E-state index contributed by atoms with van der Waals surface area (Å²) in [6.45, 7) is 4.84. The zero-order valence-corrected chi connectivity index (χ0v) is 10.4. The van der Waals surface area contributed by atoms with Gasteiger partial charge in [0.25, 0.3) is 0 Å². The van der Waals surface area contributed by atoms with Gasteiger partial charge in [-0.3, -0.25) is 4.90 Å². The zero-order chi connectivity index (χ0) is 10.7. The SMILES string of the molecule is CNC(=S)N1CCC(N2CCCCC2)C1. The number of likely N-dealkylation sites (tertiary alicyclic amines) is 2. The van der Waals surface area contributed by atoms with Gasteiger partial charge in [0, 0.05) is 26.2 Å². The highest BCUT2D eigenvalue weighted by molar-refractivity contribution is 7.80. The van der Waals surface area contributed by atoms with Gasteiger partial charge in [-0.1, -0.05) is 6.42 Å². The van der Waals surface area contributed by atoms with Gasteiger partial charge in [-0.2, -0.15) is 0 Å². The Kier molecular flexibility index (Phi) is 3.81. The molecule has 1 atom stereocenters. The summed E-state index contributed by atoms with van der Waals surface area (Å²) in [6, 6.07) is 0.747. The van der Waals surface area contributed by atoms with E-state index in [9.17, 15) is 0 Å². The van der Waals surface area contributed by atoms with Gasteiger partial charge in [-0.05, 0) is 44.6 Å². The molecule has 0 aromatic rings. The molecule has 15 heavy (non-hydrogen) atoms. The first-order chi connectivity index (χ1) is 7.31. The first kappa shape index (κ1) is 11.1. The monoisotopic (exact) mass is 227 g/mol. The Morgan fingerprint density at radius 1 is 1.20 bits per heavy atom. The van der Waals surface area contributed by atoms with Gasteiger partial charge >= 0.3 is 0 Å². The van der Waals surface area contributed by atoms with Crippen molar-refractivity contribution in [2.24, 2.45) is 0 Å². The van der Waals surface area contributed by atoms with Gasteiger partial charge in [0.2, 0.25) is 0 Å². The van der Waals surface area contributed by atoms with Crippen molar-refractivity contribution in [1.29, 1.82) is 0 Å². The molecule has 0 amide bonds. The topological polar surface area (TPSA) is 18.5 Å². The molecule has 0 aromatic carbocycles. The number of rotatable bonds is 1. The summed E-state index contributed by atoms with van der Waals surface area (Å²) in [7, 11) is 1.91. The van der Waals surface area contributed by atoms with Crippen LogP contribution < -0.4 is 5.32 Å². The first-order valence-corrected chi connectivity index (χ1v) is 6.43. The molecule has 2 aliphatic heterocycles. The molecule has 2 heterocycles. The third kappa shape index (κ3) is 2.61. The average Bonchev–Trinajstić information content (AvgIpc) is 2.78. The predicted octanol–water partition coefficient (Wildman–Crippen LogP) is 1.05. The quantitative estimate of drug-likeness (QED) is 0.675. The number of piperidine rings is 1. The highest BCUT2D eigenvalue weighted by Gasteiger charge is 2.29. The number of hydrogen-bond donors (Lipinski definition) is 1. The number of hydrogen-bond acceptors (Lipinski definition) is 2. The van der Waals surface area contributed by atoms with Gasteiger partial charge in [0.05, 0.1) is 0 Å². The van der Waals surface area contributed by atoms with Crippen molar-refractivity contribution in [3.8, 4) is 0 Å². The Morgan fingerprint density at radius 2 is 1.93 bits per heavy atom. The van der Waals surface area contributed by atoms with Gasteiger partial charge in [-0.15, -0.1) is 0 Å². The van der Waals surface area contributed by atoms with Crippen LogP contribution in [0.1, 0.15) is 25.7 Å². The van der Waals surface area contributed by atoms with Crippen LogP contribution >= 0.6 is 12.2 Å². The van der Waals surface area contributed by atoms with Gasteiger partial charge in [0.15, 0.2) is 5.11 Å². The fourth-order valence-corrected chi connectivity index (χ4v) is 2.83. The summed E-state index contributed by atoms with van der Waals surface area (Å²) in [5, 5.41) is 3.98. The Morgan fingerprint density at radius 3 is 2.60 bits per heavy atom. The largest absolute Gasteiger partial charge is 0.366 e. The molecule has 86 valence electrons. The maximum absolute atomic E-state index is 5.27. The first-order valence-electron chi connectivity index (χ1n) is 6.02. The van der Waals surface area contributed by atoms with E-state index in [-0.39, 0.29) is 0 Å². The molecule has 2 fully saturated rings. The van der Waals surface area contributed by atoms with E-state index in [0.717, 1.165) is 24.2 Å². The fourth-order valence-electron chi connectivity index (χ4n) is 2.67. The van der Waals surface area contributed by atoms with Crippen LogP contribution in [0.5, 0.6) is 0 Å². The highest BCUT2D eigenvalue weighted by atomic mass is 32.1. The molecule has 0 aliphatic carbocycles. The van der Waals surface area contributed by atoms with Crippen LogP contribution in [0.3, 0.4) is 0 Å². The van der Waals surface area contributed by atoms with E-state index in [4.69, 9.17) is 12.2 Å². The molecule has 2 rings (SSSR count). The normalized spacial score (nSPS) is 28.1. The molecule has 0 aromatic heterocycles. The van der Waals surface area contributed by atoms with Crippen molar-refractivity contribution in [3.05, 3.63) is 0 Å². The van der Waals surface area contributed by atoms with E-state index in [1.807, 2.05) is 7.05 Å². The minimum Gasteiger partial charge on any atom is -0.366 e. The fraction of sp³-hybridized carbons (Fsp3) is 0.909. The van der Waals surface area contributed by atoms with Gasteiger partial charge in [0.1, 0.15) is 0 Å². The Hall–Kier alpha value is -0.350. The molecule has 1 N–H and O–H groups in total. The van der Waals surface area contributed by atoms with Crippen molar-refractivity contribution in [2.75, 3.05) is 33.2 Å². The lowest BCUT2D eigenvalue weighted by Gasteiger charge is -2.32. The summed E-state index contributed by atoms with van der Waals surface area (Å²) in [5.41, 5.74) is 0. The summed E-state index contributed by atoms with van der Waals surface area (Å²) >= 11 is 5.27. The van der Waals surface area contributed by atoms with E-state index in [0.29, 0.717) is 0 Å². The van der Waals surface area contributed by atoms with Crippen LogP contribution in [0.25, 0.3) is 0 Å². The summed E-state index contributed by atoms with van der Waals surface area (Å²) in [5.74, 6) is 0. The lowest BCUT2D eigenvalue weighted by atomic mass is 10.1.